The number of aromatic nitrogens is 2. The third-order valence-electron chi connectivity index (χ3n) is 2.52. The maximum atomic E-state index is 5.46. The van der Waals surface area contributed by atoms with Crippen molar-refractivity contribution >= 4 is 17.0 Å². The quantitative estimate of drug-likeness (QED) is 0.805. The highest BCUT2D eigenvalue weighted by Gasteiger charge is 2.06. The molecule has 1 heterocycles. The minimum absolute atomic E-state index is 0.565. The summed E-state index contributed by atoms with van der Waals surface area (Å²) in [6, 6.07) is 6.21. The van der Waals surface area contributed by atoms with Gasteiger partial charge in [-0.15, -0.1) is 0 Å². The molecule has 0 aliphatic rings. The molecule has 2 rings (SSSR count). The minimum Gasteiger partial charge on any atom is -0.327 e. The molecule has 0 spiro atoms. The maximum Gasteiger partial charge on any atom is 0.0687 e. The van der Waals surface area contributed by atoms with Gasteiger partial charge in [-0.3, -0.25) is 4.68 Å². The Labute approximate surface area is 89.2 Å². The zero-order chi connectivity index (χ0) is 10.8. The summed E-state index contributed by atoms with van der Waals surface area (Å²) in [6.45, 7) is 2.60. The summed E-state index contributed by atoms with van der Waals surface area (Å²) in [7, 11) is 1.96. The molecule has 3 heteroatoms. The van der Waals surface area contributed by atoms with Gasteiger partial charge in [0.25, 0.3) is 0 Å². The highest BCUT2D eigenvalue weighted by Crippen LogP contribution is 2.22. The summed E-state index contributed by atoms with van der Waals surface area (Å²) in [4.78, 5) is 0. The second-order valence-corrected chi connectivity index (χ2v) is 3.59. The van der Waals surface area contributed by atoms with E-state index in [4.69, 9.17) is 5.73 Å². The molecule has 0 radical (unpaired) electrons. The lowest BCUT2D eigenvalue weighted by Crippen LogP contribution is -1.92. The predicted octanol–water partition coefficient (Wildman–Crippen LogP) is 1.85. The normalized spacial score (nSPS) is 11.7. The van der Waals surface area contributed by atoms with Crippen LogP contribution in [0.4, 0.5) is 0 Å². The van der Waals surface area contributed by atoms with E-state index in [9.17, 15) is 0 Å². The number of hydrogen-bond donors (Lipinski definition) is 1. The third kappa shape index (κ3) is 1.66. The van der Waals surface area contributed by atoms with Crippen molar-refractivity contribution in [2.45, 2.75) is 6.92 Å². The van der Waals surface area contributed by atoms with Crippen molar-refractivity contribution in [2.24, 2.45) is 12.8 Å². The first-order valence-electron chi connectivity index (χ1n) is 5.03. The number of benzene rings is 1. The summed E-state index contributed by atoms with van der Waals surface area (Å²) in [5.74, 6) is 0. The molecule has 1 aromatic carbocycles. The van der Waals surface area contributed by atoms with Gasteiger partial charge in [0.2, 0.25) is 0 Å². The Kier molecular flexibility index (Phi) is 2.56. The average molecular weight is 201 g/mol. The lowest BCUT2D eigenvalue weighted by atomic mass is 10.1. The van der Waals surface area contributed by atoms with Crippen molar-refractivity contribution in [1.29, 1.82) is 0 Å². The van der Waals surface area contributed by atoms with Crippen LogP contribution in [0.1, 0.15) is 11.3 Å². The Morgan fingerprint density at radius 1 is 1.47 bits per heavy atom. The van der Waals surface area contributed by atoms with Crippen LogP contribution < -0.4 is 5.73 Å². The molecule has 0 saturated carbocycles. The van der Waals surface area contributed by atoms with Crippen LogP contribution in [0.5, 0.6) is 0 Å². The number of nitrogens with zero attached hydrogens (tertiary/aromatic N) is 2. The van der Waals surface area contributed by atoms with Gasteiger partial charge >= 0.3 is 0 Å². The van der Waals surface area contributed by atoms with Crippen LogP contribution in [0, 0.1) is 6.92 Å². The van der Waals surface area contributed by atoms with Crippen molar-refractivity contribution in [3.63, 3.8) is 0 Å². The Balaban J connectivity index is 2.69. The molecule has 15 heavy (non-hydrogen) atoms. The minimum atomic E-state index is 0.565. The van der Waals surface area contributed by atoms with Gasteiger partial charge < -0.3 is 5.73 Å². The predicted molar refractivity (Wildman–Crippen MR) is 63.5 cm³/mol. The molecule has 0 aliphatic heterocycles. The smallest absolute Gasteiger partial charge is 0.0687 e. The SMILES string of the molecule is Cc1nn(C)c2cccc(/C=C/CN)c12. The van der Waals surface area contributed by atoms with E-state index in [0.717, 1.165) is 11.2 Å². The standard InChI is InChI=1S/C12H15N3/c1-9-12-10(6-4-8-13)5-3-7-11(12)15(2)14-9/h3-7H,8,13H2,1-2H3/b6-4+. The molecular formula is C12H15N3. The Morgan fingerprint density at radius 2 is 2.27 bits per heavy atom. The van der Waals surface area contributed by atoms with E-state index >= 15 is 0 Å². The van der Waals surface area contributed by atoms with Gasteiger partial charge in [0.15, 0.2) is 0 Å². The third-order valence-corrected chi connectivity index (χ3v) is 2.52. The van der Waals surface area contributed by atoms with E-state index in [0.29, 0.717) is 6.54 Å². The van der Waals surface area contributed by atoms with E-state index in [1.807, 2.05) is 30.8 Å². The average Bonchev–Trinajstić information content (AvgIpc) is 2.53. The highest BCUT2D eigenvalue weighted by atomic mass is 15.3. The zero-order valence-electron chi connectivity index (χ0n) is 9.07. The van der Waals surface area contributed by atoms with Crippen LogP contribution in [0.3, 0.4) is 0 Å². The van der Waals surface area contributed by atoms with Gasteiger partial charge in [-0.2, -0.15) is 5.10 Å². The molecule has 0 unspecified atom stereocenters. The van der Waals surface area contributed by atoms with E-state index in [1.165, 1.54) is 10.9 Å². The van der Waals surface area contributed by atoms with Gasteiger partial charge in [0, 0.05) is 19.0 Å². The topological polar surface area (TPSA) is 43.8 Å². The fourth-order valence-electron chi connectivity index (χ4n) is 1.88. The molecule has 0 aliphatic carbocycles. The summed E-state index contributed by atoms with van der Waals surface area (Å²) in [5.41, 5.74) is 8.86. The molecule has 0 saturated heterocycles. The van der Waals surface area contributed by atoms with E-state index in [-0.39, 0.29) is 0 Å². The van der Waals surface area contributed by atoms with Crippen LogP contribution >= 0.6 is 0 Å². The maximum absolute atomic E-state index is 5.46. The fourth-order valence-corrected chi connectivity index (χ4v) is 1.88. The Hall–Kier alpha value is -1.61. The van der Waals surface area contributed by atoms with Crippen LogP contribution in [-0.2, 0) is 7.05 Å². The molecule has 3 nitrogen and oxygen atoms in total. The van der Waals surface area contributed by atoms with Gasteiger partial charge in [-0.1, -0.05) is 24.3 Å². The Morgan fingerprint density at radius 3 is 3.00 bits per heavy atom. The molecule has 78 valence electrons. The summed E-state index contributed by atoms with van der Waals surface area (Å²) >= 11 is 0. The summed E-state index contributed by atoms with van der Waals surface area (Å²) in [6.07, 6.45) is 4.01. The van der Waals surface area contributed by atoms with E-state index < -0.39 is 0 Å². The molecule has 2 aromatic rings. The van der Waals surface area contributed by atoms with E-state index in [1.54, 1.807) is 0 Å². The van der Waals surface area contributed by atoms with Crippen LogP contribution in [0.15, 0.2) is 24.3 Å². The number of nitrogens with two attached hydrogens (primary N) is 1. The molecule has 0 bridgehead atoms. The first-order chi connectivity index (χ1) is 7.24. The largest absolute Gasteiger partial charge is 0.327 e. The van der Waals surface area contributed by atoms with Crippen LogP contribution in [0.25, 0.3) is 17.0 Å². The lowest BCUT2D eigenvalue weighted by Gasteiger charge is -1.98. The second kappa shape index (κ2) is 3.87. The lowest BCUT2D eigenvalue weighted by molar-refractivity contribution is 0.783. The van der Waals surface area contributed by atoms with Crippen molar-refractivity contribution in [2.75, 3.05) is 6.54 Å². The van der Waals surface area contributed by atoms with Crippen LogP contribution in [0.2, 0.25) is 0 Å². The zero-order valence-corrected chi connectivity index (χ0v) is 9.07. The van der Waals surface area contributed by atoms with Crippen molar-refractivity contribution < 1.29 is 0 Å². The molecule has 0 amide bonds. The molecular weight excluding hydrogens is 186 g/mol. The molecule has 0 atom stereocenters. The first-order valence-corrected chi connectivity index (χ1v) is 5.03. The summed E-state index contributed by atoms with van der Waals surface area (Å²) in [5, 5.41) is 5.62. The number of rotatable bonds is 2. The molecule has 0 fully saturated rings. The first kappa shape index (κ1) is 9.93. The number of aryl methyl sites for hydroxylation is 2. The highest BCUT2D eigenvalue weighted by molar-refractivity contribution is 5.90. The van der Waals surface area contributed by atoms with Gasteiger partial charge in [-0.25, -0.2) is 0 Å². The molecule has 2 N–H and O–H groups in total. The molecule has 1 aromatic heterocycles. The Bertz CT molecular complexity index is 509. The second-order valence-electron chi connectivity index (χ2n) is 3.59. The van der Waals surface area contributed by atoms with Crippen molar-refractivity contribution in [1.82, 2.24) is 9.78 Å². The van der Waals surface area contributed by atoms with Gasteiger partial charge in [-0.05, 0) is 18.6 Å². The summed E-state index contributed by atoms with van der Waals surface area (Å²) < 4.78 is 1.91. The van der Waals surface area contributed by atoms with Crippen molar-refractivity contribution in [3.05, 3.63) is 35.5 Å². The van der Waals surface area contributed by atoms with Crippen LogP contribution in [-0.4, -0.2) is 16.3 Å². The van der Waals surface area contributed by atoms with Gasteiger partial charge in [0.05, 0.1) is 11.2 Å². The van der Waals surface area contributed by atoms with Crippen molar-refractivity contribution in [3.8, 4) is 0 Å². The van der Waals surface area contributed by atoms with E-state index in [2.05, 4.69) is 23.3 Å². The fraction of sp³-hybridized carbons (Fsp3) is 0.250. The van der Waals surface area contributed by atoms with Gasteiger partial charge in [0.1, 0.15) is 0 Å². The number of fused-ring (bicyclic) bond motifs is 1. The number of hydrogen-bond acceptors (Lipinski definition) is 2. The monoisotopic (exact) mass is 201 g/mol.